The van der Waals surface area contributed by atoms with Crippen LogP contribution in [0.1, 0.15) is 27.2 Å². The van der Waals surface area contributed by atoms with Crippen LogP contribution in [-0.4, -0.2) is 34.4 Å². The van der Waals surface area contributed by atoms with Crippen LogP contribution in [0.5, 0.6) is 11.5 Å². The molecule has 8 heteroatoms. The fourth-order valence-electron chi connectivity index (χ4n) is 3.14. The van der Waals surface area contributed by atoms with Crippen molar-refractivity contribution in [1.29, 1.82) is 0 Å². The minimum Gasteiger partial charge on any atom is -0.494 e. The molecule has 0 atom stereocenters. The van der Waals surface area contributed by atoms with Gasteiger partial charge in [0.1, 0.15) is 11.5 Å². The fourth-order valence-corrected chi connectivity index (χ4v) is 3.96. The number of aromatic nitrogens is 2. The molecule has 1 aromatic heterocycles. The third kappa shape index (κ3) is 5.58. The number of nitrogens with zero attached hydrogens (tertiary/aromatic N) is 2. The third-order valence-electron chi connectivity index (χ3n) is 4.44. The van der Waals surface area contributed by atoms with Crippen LogP contribution in [0.4, 0.5) is 5.69 Å². The van der Waals surface area contributed by atoms with Crippen LogP contribution >= 0.6 is 11.8 Å². The van der Waals surface area contributed by atoms with Gasteiger partial charge >= 0.3 is 0 Å². The van der Waals surface area contributed by atoms with Crippen molar-refractivity contribution in [3.05, 3.63) is 52.8 Å². The van der Waals surface area contributed by atoms with Crippen molar-refractivity contribution in [3.8, 4) is 11.5 Å². The fraction of sp³-hybridized carbons (Fsp3) is 0.348. The average molecular weight is 442 g/mol. The molecule has 1 amide bonds. The Labute approximate surface area is 185 Å². The molecule has 1 N–H and O–H groups in total. The SMILES string of the molecule is CCCn1c(SCC(=O)Nc2cc(OCC)ccc2OCC)nc2ccccc2c1=O. The highest BCUT2D eigenvalue weighted by molar-refractivity contribution is 7.99. The number of nitrogens with one attached hydrogen (secondary N) is 1. The van der Waals surface area contributed by atoms with Gasteiger partial charge in [0, 0.05) is 12.6 Å². The minimum absolute atomic E-state index is 0.0848. The van der Waals surface area contributed by atoms with Crippen LogP contribution in [0.2, 0.25) is 0 Å². The van der Waals surface area contributed by atoms with Crippen LogP contribution < -0.4 is 20.3 Å². The highest BCUT2D eigenvalue weighted by Gasteiger charge is 2.14. The molecule has 1 heterocycles. The molecule has 31 heavy (non-hydrogen) atoms. The van der Waals surface area contributed by atoms with Crippen molar-refractivity contribution in [2.45, 2.75) is 38.9 Å². The second kappa shape index (κ2) is 10.9. The summed E-state index contributed by atoms with van der Waals surface area (Å²) in [5, 5.41) is 4.01. The Morgan fingerprint density at radius 1 is 1.10 bits per heavy atom. The van der Waals surface area contributed by atoms with Gasteiger partial charge in [-0.05, 0) is 44.5 Å². The van der Waals surface area contributed by atoms with E-state index in [1.807, 2.05) is 39.0 Å². The van der Waals surface area contributed by atoms with Gasteiger partial charge in [0.25, 0.3) is 5.56 Å². The molecule has 0 saturated carbocycles. The highest BCUT2D eigenvalue weighted by atomic mass is 32.2. The molecule has 0 aliphatic heterocycles. The molecule has 0 radical (unpaired) electrons. The van der Waals surface area contributed by atoms with Gasteiger partial charge in [0.2, 0.25) is 5.91 Å². The Morgan fingerprint density at radius 3 is 2.61 bits per heavy atom. The second-order valence-corrected chi connectivity index (χ2v) is 7.67. The lowest BCUT2D eigenvalue weighted by atomic mass is 10.2. The summed E-state index contributed by atoms with van der Waals surface area (Å²) < 4.78 is 12.8. The molecule has 0 aliphatic rings. The van der Waals surface area contributed by atoms with Gasteiger partial charge in [0.05, 0.1) is 35.6 Å². The van der Waals surface area contributed by atoms with E-state index in [2.05, 4.69) is 10.3 Å². The predicted octanol–water partition coefficient (Wildman–Crippen LogP) is 4.33. The van der Waals surface area contributed by atoms with E-state index in [4.69, 9.17) is 9.47 Å². The van der Waals surface area contributed by atoms with Crippen LogP contribution in [0.25, 0.3) is 10.9 Å². The van der Waals surface area contributed by atoms with Gasteiger partial charge in [-0.3, -0.25) is 14.2 Å². The van der Waals surface area contributed by atoms with E-state index >= 15 is 0 Å². The molecular weight excluding hydrogens is 414 g/mol. The lowest BCUT2D eigenvalue weighted by Crippen LogP contribution is -2.24. The van der Waals surface area contributed by atoms with Gasteiger partial charge in [-0.15, -0.1) is 0 Å². The lowest BCUT2D eigenvalue weighted by molar-refractivity contribution is -0.113. The molecule has 3 rings (SSSR count). The van der Waals surface area contributed by atoms with E-state index in [0.717, 1.165) is 6.42 Å². The maximum absolute atomic E-state index is 12.9. The Bertz CT molecular complexity index is 1110. The summed E-state index contributed by atoms with van der Waals surface area (Å²) in [6.07, 6.45) is 0.793. The predicted molar refractivity (Wildman–Crippen MR) is 124 cm³/mol. The zero-order valence-electron chi connectivity index (χ0n) is 18.0. The van der Waals surface area contributed by atoms with Crippen LogP contribution in [0.3, 0.4) is 0 Å². The van der Waals surface area contributed by atoms with E-state index in [-0.39, 0.29) is 17.2 Å². The third-order valence-corrected chi connectivity index (χ3v) is 5.42. The van der Waals surface area contributed by atoms with E-state index < -0.39 is 0 Å². The lowest BCUT2D eigenvalue weighted by Gasteiger charge is -2.14. The molecule has 0 spiro atoms. The van der Waals surface area contributed by atoms with Gasteiger partial charge in [-0.1, -0.05) is 30.8 Å². The maximum Gasteiger partial charge on any atom is 0.262 e. The number of anilines is 1. The maximum atomic E-state index is 12.9. The summed E-state index contributed by atoms with van der Waals surface area (Å²) in [7, 11) is 0. The molecule has 2 aromatic carbocycles. The second-order valence-electron chi connectivity index (χ2n) is 6.73. The summed E-state index contributed by atoms with van der Waals surface area (Å²) in [6.45, 7) is 7.35. The minimum atomic E-state index is -0.218. The van der Waals surface area contributed by atoms with Gasteiger partial charge < -0.3 is 14.8 Å². The molecule has 3 aromatic rings. The summed E-state index contributed by atoms with van der Waals surface area (Å²) >= 11 is 1.24. The summed E-state index contributed by atoms with van der Waals surface area (Å²) in [6, 6.07) is 12.6. The first kappa shape index (κ1) is 22.7. The zero-order chi connectivity index (χ0) is 22.2. The van der Waals surface area contributed by atoms with E-state index in [9.17, 15) is 9.59 Å². The van der Waals surface area contributed by atoms with Crippen molar-refractivity contribution in [3.63, 3.8) is 0 Å². The zero-order valence-corrected chi connectivity index (χ0v) is 18.8. The monoisotopic (exact) mass is 441 g/mol. The van der Waals surface area contributed by atoms with E-state index in [0.29, 0.717) is 53.0 Å². The quantitative estimate of drug-likeness (QED) is 0.372. The first-order valence-corrected chi connectivity index (χ1v) is 11.4. The van der Waals surface area contributed by atoms with E-state index in [1.165, 1.54) is 11.8 Å². The highest BCUT2D eigenvalue weighted by Crippen LogP contribution is 2.30. The van der Waals surface area contributed by atoms with Gasteiger partial charge in [-0.2, -0.15) is 0 Å². The number of thioether (sulfide) groups is 1. The van der Waals surface area contributed by atoms with Gasteiger partial charge in [-0.25, -0.2) is 4.98 Å². The Hall–Kier alpha value is -3.00. The molecule has 0 aliphatic carbocycles. The first-order chi connectivity index (χ1) is 15.1. The number of carbonyl (C=O) groups is 1. The van der Waals surface area contributed by atoms with Crippen LogP contribution in [0.15, 0.2) is 52.4 Å². The number of hydrogen-bond acceptors (Lipinski definition) is 6. The molecule has 0 bridgehead atoms. The topological polar surface area (TPSA) is 82.5 Å². The number of fused-ring (bicyclic) bond motifs is 1. The van der Waals surface area contributed by atoms with Crippen molar-refractivity contribution in [2.75, 3.05) is 24.3 Å². The average Bonchev–Trinajstić information content (AvgIpc) is 2.77. The number of ether oxygens (including phenoxy) is 2. The van der Waals surface area contributed by atoms with Gasteiger partial charge in [0.15, 0.2) is 5.16 Å². The summed E-state index contributed by atoms with van der Waals surface area (Å²) in [5.74, 6) is 1.13. The van der Waals surface area contributed by atoms with Crippen LogP contribution in [0, 0.1) is 0 Å². The Morgan fingerprint density at radius 2 is 1.87 bits per heavy atom. The number of benzene rings is 2. The normalized spacial score (nSPS) is 10.8. The first-order valence-electron chi connectivity index (χ1n) is 10.4. The smallest absolute Gasteiger partial charge is 0.262 e. The largest absolute Gasteiger partial charge is 0.494 e. The Kier molecular flexibility index (Phi) is 7.94. The number of rotatable bonds is 10. The van der Waals surface area contributed by atoms with Crippen LogP contribution in [-0.2, 0) is 11.3 Å². The standard InChI is InChI=1S/C23H27N3O4S/c1-4-13-26-22(28)17-9-7-8-10-18(17)25-23(26)31-15-21(27)24-19-14-16(29-5-2)11-12-20(19)30-6-3/h7-12,14H,4-6,13,15H2,1-3H3,(H,24,27). The number of amides is 1. The van der Waals surface area contributed by atoms with Crippen molar-refractivity contribution >= 4 is 34.3 Å². The number of para-hydroxylation sites is 1. The summed E-state index contributed by atoms with van der Waals surface area (Å²) in [5.41, 5.74) is 1.10. The molecule has 0 saturated heterocycles. The molecule has 7 nitrogen and oxygen atoms in total. The molecular formula is C23H27N3O4S. The molecule has 0 fully saturated rings. The van der Waals surface area contributed by atoms with Crippen molar-refractivity contribution in [1.82, 2.24) is 9.55 Å². The number of carbonyl (C=O) groups excluding carboxylic acids is 1. The van der Waals surface area contributed by atoms with Crippen molar-refractivity contribution in [2.24, 2.45) is 0 Å². The molecule has 0 unspecified atom stereocenters. The van der Waals surface area contributed by atoms with Crippen molar-refractivity contribution < 1.29 is 14.3 Å². The molecule has 164 valence electrons. The van der Waals surface area contributed by atoms with E-state index in [1.54, 1.807) is 28.8 Å². The summed E-state index contributed by atoms with van der Waals surface area (Å²) in [4.78, 5) is 30.2. The number of hydrogen-bond donors (Lipinski definition) is 1. The Balaban J connectivity index is 1.79.